The molecule has 3 nitrogen and oxygen atoms in total. The Labute approximate surface area is 65.0 Å². The number of aromatic nitrogens is 1. The smallest absolute Gasteiger partial charge is 0.212 e. The Bertz CT molecular complexity index is 241. The second-order valence-corrected chi connectivity index (χ2v) is 2.46. The number of pyridine rings is 1. The molecule has 0 saturated carbocycles. The van der Waals surface area contributed by atoms with E-state index in [2.05, 4.69) is 4.98 Å². The van der Waals surface area contributed by atoms with Crippen LogP contribution in [0.2, 0.25) is 0 Å². The molecule has 1 aromatic heterocycles. The summed E-state index contributed by atoms with van der Waals surface area (Å²) in [6.45, 7) is 0.827. The first-order chi connectivity index (χ1) is 5.40. The summed E-state index contributed by atoms with van der Waals surface area (Å²) in [6, 6.07) is 3.82. The Morgan fingerprint density at radius 2 is 2.45 bits per heavy atom. The van der Waals surface area contributed by atoms with Gasteiger partial charge in [0.2, 0.25) is 5.88 Å². The minimum Gasteiger partial charge on any atom is -0.481 e. The molecule has 2 rings (SSSR count). The van der Waals surface area contributed by atoms with Crippen LogP contribution >= 0.6 is 0 Å². The first kappa shape index (κ1) is 6.61. The highest BCUT2D eigenvalue weighted by molar-refractivity contribution is 5.21. The van der Waals surface area contributed by atoms with E-state index in [0.717, 1.165) is 12.2 Å². The van der Waals surface area contributed by atoms with E-state index >= 15 is 0 Å². The van der Waals surface area contributed by atoms with E-state index in [-0.39, 0.29) is 6.10 Å². The third-order valence-electron chi connectivity index (χ3n) is 1.67. The topological polar surface area (TPSA) is 34.6 Å². The van der Waals surface area contributed by atoms with Gasteiger partial charge in [-0.2, -0.15) is 0 Å². The highest BCUT2D eigenvalue weighted by Gasteiger charge is 2.24. The molecule has 0 amide bonds. The lowest BCUT2D eigenvalue weighted by Gasteiger charge is -1.97. The predicted molar refractivity (Wildman–Crippen MR) is 39.5 cm³/mol. The fourth-order valence-electron chi connectivity index (χ4n) is 0.944. The lowest BCUT2D eigenvalue weighted by atomic mass is 10.2. The van der Waals surface area contributed by atoms with E-state index in [4.69, 9.17) is 9.47 Å². The fourth-order valence-corrected chi connectivity index (χ4v) is 0.944. The molecule has 0 N–H and O–H groups in total. The molecule has 0 radical (unpaired) electrons. The third kappa shape index (κ3) is 1.33. The first-order valence-electron chi connectivity index (χ1n) is 3.51. The van der Waals surface area contributed by atoms with Crippen LogP contribution in [0.5, 0.6) is 5.88 Å². The van der Waals surface area contributed by atoms with Gasteiger partial charge in [0.15, 0.2) is 0 Å². The molecule has 1 unspecified atom stereocenters. The predicted octanol–water partition coefficient (Wildman–Crippen LogP) is 1.16. The molecule has 1 fully saturated rings. The van der Waals surface area contributed by atoms with Crippen LogP contribution in [-0.4, -0.2) is 18.7 Å². The van der Waals surface area contributed by atoms with Crippen LogP contribution in [0.1, 0.15) is 11.7 Å². The Morgan fingerprint density at radius 3 is 2.91 bits per heavy atom. The number of nitrogens with zero attached hydrogens (tertiary/aromatic N) is 1. The van der Waals surface area contributed by atoms with Gasteiger partial charge in [-0.15, -0.1) is 0 Å². The molecule has 2 heterocycles. The standard InChI is InChI=1S/C8H9NO2/c1-10-8-3-2-6(4-9-8)7-5-11-7/h2-4,7H,5H2,1H3. The molecular formula is C8H9NO2. The average molecular weight is 151 g/mol. The molecule has 1 saturated heterocycles. The normalized spacial score (nSPS) is 21.4. The first-order valence-corrected chi connectivity index (χ1v) is 3.51. The summed E-state index contributed by atoms with van der Waals surface area (Å²) in [7, 11) is 1.61. The summed E-state index contributed by atoms with van der Waals surface area (Å²) in [5.41, 5.74) is 1.13. The zero-order chi connectivity index (χ0) is 7.68. The fraction of sp³-hybridized carbons (Fsp3) is 0.375. The summed E-state index contributed by atoms with van der Waals surface area (Å²) in [5.74, 6) is 0.648. The van der Waals surface area contributed by atoms with Gasteiger partial charge in [-0.05, 0) is 6.07 Å². The maximum atomic E-state index is 5.09. The molecule has 1 aromatic rings. The molecule has 0 spiro atoms. The van der Waals surface area contributed by atoms with E-state index < -0.39 is 0 Å². The SMILES string of the molecule is COc1ccc(C2CO2)cn1. The zero-order valence-corrected chi connectivity index (χ0v) is 6.28. The third-order valence-corrected chi connectivity index (χ3v) is 1.67. The highest BCUT2D eigenvalue weighted by Crippen LogP contribution is 2.29. The van der Waals surface area contributed by atoms with Gasteiger partial charge in [0.05, 0.1) is 13.7 Å². The van der Waals surface area contributed by atoms with Crippen molar-refractivity contribution in [2.24, 2.45) is 0 Å². The monoisotopic (exact) mass is 151 g/mol. The molecule has 1 aliphatic rings. The van der Waals surface area contributed by atoms with Crippen LogP contribution in [0.4, 0.5) is 0 Å². The molecule has 1 aliphatic heterocycles. The molecule has 1 atom stereocenters. The number of epoxide rings is 1. The lowest BCUT2D eigenvalue weighted by Crippen LogP contribution is -1.88. The van der Waals surface area contributed by atoms with Gasteiger partial charge in [0, 0.05) is 17.8 Å². The molecular weight excluding hydrogens is 142 g/mol. The van der Waals surface area contributed by atoms with Crippen molar-refractivity contribution in [2.75, 3.05) is 13.7 Å². The highest BCUT2D eigenvalue weighted by atomic mass is 16.6. The summed E-state index contributed by atoms with van der Waals surface area (Å²) in [5, 5.41) is 0. The van der Waals surface area contributed by atoms with Crippen LogP contribution in [0.3, 0.4) is 0 Å². The second kappa shape index (κ2) is 2.51. The van der Waals surface area contributed by atoms with Crippen molar-refractivity contribution in [3.8, 4) is 5.88 Å². The van der Waals surface area contributed by atoms with E-state index in [1.54, 1.807) is 13.3 Å². The molecule has 0 bridgehead atoms. The van der Waals surface area contributed by atoms with Crippen LogP contribution in [0.15, 0.2) is 18.3 Å². The van der Waals surface area contributed by atoms with Crippen molar-refractivity contribution in [3.63, 3.8) is 0 Å². The van der Waals surface area contributed by atoms with Gasteiger partial charge in [-0.25, -0.2) is 4.98 Å². The van der Waals surface area contributed by atoms with Crippen molar-refractivity contribution in [1.29, 1.82) is 0 Å². The van der Waals surface area contributed by atoms with Crippen LogP contribution in [0.25, 0.3) is 0 Å². The van der Waals surface area contributed by atoms with Gasteiger partial charge >= 0.3 is 0 Å². The van der Waals surface area contributed by atoms with Gasteiger partial charge in [-0.3, -0.25) is 0 Å². The molecule has 3 heteroatoms. The summed E-state index contributed by atoms with van der Waals surface area (Å²) in [4.78, 5) is 4.06. The number of hydrogen-bond donors (Lipinski definition) is 0. The Kier molecular flexibility index (Phi) is 1.51. The lowest BCUT2D eigenvalue weighted by molar-refractivity contribution is 0.394. The number of hydrogen-bond acceptors (Lipinski definition) is 3. The van der Waals surface area contributed by atoms with Crippen molar-refractivity contribution in [1.82, 2.24) is 4.98 Å². The maximum absolute atomic E-state index is 5.09. The molecule has 11 heavy (non-hydrogen) atoms. The Morgan fingerprint density at radius 1 is 1.64 bits per heavy atom. The molecule has 0 aliphatic carbocycles. The van der Waals surface area contributed by atoms with E-state index in [1.165, 1.54) is 0 Å². The zero-order valence-electron chi connectivity index (χ0n) is 6.28. The maximum Gasteiger partial charge on any atom is 0.212 e. The van der Waals surface area contributed by atoms with Crippen molar-refractivity contribution in [3.05, 3.63) is 23.9 Å². The van der Waals surface area contributed by atoms with E-state index in [9.17, 15) is 0 Å². The summed E-state index contributed by atoms with van der Waals surface area (Å²) < 4.78 is 10.0. The summed E-state index contributed by atoms with van der Waals surface area (Å²) >= 11 is 0. The number of methoxy groups -OCH3 is 1. The van der Waals surface area contributed by atoms with Crippen molar-refractivity contribution >= 4 is 0 Å². The number of ether oxygens (including phenoxy) is 2. The van der Waals surface area contributed by atoms with Crippen LogP contribution in [-0.2, 0) is 4.74 Å². The van der Waals surface area contributed by atoms with Crippen molar-refractivity contribution < 1.29 is 9.47 Å². The van der Waals surface area contributed by atoms with Crippen molar-refractivity contribution in [2.45, 2.75) is 6.10 Å². The Hall–Kier alpha value is -1.09. The quantitative estimate of drug-likeness (QED) is 0.595. The van der Waals surface area contributed by atoms with Gasteiger partial charge in [0.1, 0.15) is 6.10 Å². The largest absolute Gasteiger partial charge is 0.481 e. The van der Waals surface area contributed by atoms with Gasteiger partial charge in [0.25, 0.3) is 0 Å². The second-order valence-electron chi connectivity index (χ2n) is 2.46. The van der Waals surface area contributed by atoms with Gasteiger partial charge < -0.3 is 9.47 Å². The molecule has 0 aromatic carbocycles. The molecule has 58 valence electrons. The van der Waals surface area contributed by atoms with Crippen LogP contribution < -0.4 is 4.74 Å². The number of rotatable bonds is 2. The minimum absolute atomic E-state index is 0.286. The average Bonchev–Trinajstić information content (AvgIpc) is 2.87. The Balaban J connectivity index is 2.19. The van der Waals surface area contributed by atoms with Gasteiger partial charge in [-0.1, -0.05) is 0 Å². The summed E-state index contributed by atoms with van der Waals surface area (Å²) in [6.07, 6.45) is 2.07. The van der Waals surface area contributed by atoms with Crippen LogP contribution in [0, 0.1) is 0 Å². The minimum atomic E-state index is 0.286. The van der Waals surface area contributed by atoms with E-state index in [1.807, 2.05) is 12.1 Å². The van der Waals surface area contributed by atoms with E-state index in [0.29, 0.717) is 5.88 Å².